The van der Waals surface area contributed by atoms with E-state index in [2.05, 4.69) is 10.1 Å². The van der Waals surface area contributed by atoms with E-state index in [1.54, 1.807) is 0 Å². The largest absolute Gasteiger partial charge is 0.493 e. The molecule has 1 amide bonds. The van der Waals surface area contributed by atoms with Crippen LogP contribution in [0, 0.1) is 5.82 Å². The number of anilines is 1. The van der Waals surface area contributed by atoms with E-state index >= 15 is 0 Å². The van der Waals surface area contributed by atoms with Crippen molar-refractivity contribution in [3.05, 3.63) is 48.3 Å². The van der Waals surface area contributed by atoms with Crippen LogP contribution in [0.3, 0.4) is 0 Å². The third-order valence-electron chi connectivity index (χ3n) is 3.07. The van der Waals surface area contributed by atoms with Crippen LogP contribution in [0.25, 0.3) is 0 Å². The molecule has 1 N–H and O–H groups in total. The quantitative estimate of drug-likeness (QED) is 0.782. The molecule has 0 unspecified atom stereocenters. The average molecular weight is 355 g/mol. The highest BCUT2D eigenvalue weighted by atomic mass is 19.3. The summed E-state index contributed by atoms with van der Waals surface area (Å²) in [6.45, 7) is -2.93. The van der Waals surface area contributed by atoms with Gasteiger partial charge in [-0.15, -0.1) is 0 Å². The average Bonchev–Trinajstić information content (AvgIpc) is 2.56. The van der Waals surface area contributed by atoms with Crippen LogP contribution in [0.5, 0.6) is 17.2 Å². The van der Waals surface area contributed by atoms with E-state index in [0.717, 1.165) is 0 Å². The molecule has 2 aromatic rings. The van der Waals surface area contributed by atoms with Gasteiger partial charge in [0.05, 0.1) is 20.1 Å². The molecule has 0 saturated carbocycles. The lowest BCUT2D eigenvalue weighted by atomic mass is 10.2. The molecule has 2 rings (SSSR count). The second kappa shape index (κ2) is 8.81. The first-order valence-corrected chi connectivity index (χ1v) is 7.29. The Hall–Kier alpha value is -2.90. The van der Waals surface area contributed by atoms with Crippen LogP contribution in [0.15, 0.2) is 42.5 Å². The van der Waals surface area contributed by atoms with Crippen molar-refractivity contribution in [2.45, 2.75) is 13.0 Å². The maximum atomic E-state index is 12.8. The first kappa shape index (κ1) is 18.4. The van der Waals surface area contributed by atoms with Gasteiger partial charge in [-0.05, 0) is 36.4 Å². The summed E-state index contributed by atoms with van der Waals surface area (Å²) >= 11 is 0. The summed E-state index contributed by atoms with van der Waals surface area (Å²) in [6, 6.07) is 9.53. The van der Waals surface area contributed by atoms with Gasteiger partial charge < -0.3 is 19.5 Å². The Morgan fingerprint density at radius 2 is 1.84 bits per heavy atom. The van der Waals surface area contributed by atoms with E-state index in [4.69, 9.17) is 9.47 Å². The molecule has 0 aliphatic heterocycles. The maximum absolute atomic E-state index is 12.8. The summed E-state index contributed by atoms with van der Waals surface area (Å²) < 4.78 is 52.1. The highest BCUT2D eigenvalue weighted by Crippen LogP contribution is 2.31. The predicted octanol–water partition coefficient (Wildman–Crippen LogP) is 3.84. The van der Waals surface area contributed by atoms with Gasteiger partial charge in [0.25, 0.3) is 0 Å². The number of hydrogen-bond donors (Lipinski definition) is 1. The van der Waals surface area contributed by atoms with Crippen molar-refractivity contribution in [1.82, 2.24) is 0 Å². The molecule has 0 fully saturated rings. The lowest BCUT2D eigenvalue weighted by molar-refractivity contribution is -0.116. The highest BCUT2D eigenvalue weighted by molar-refractivity contribution is 5.91. The summed E-state index contributed by atoms with van der Waals surface area (Å²) in [4.78, 5) is 11.9. The van der Waals surface area contributed by atoms with Crippen molar-refractivity contribution in [3.8, 4) is 17.2 Å². The van der Waals surface area contributed by atoms with Gasteiger partial charge in [-0.1, -0.05) is 0 Å². The number of nitrogens with one attached hydrogen (secondary N) is 1. The Bertz CT molecular complexity index is 708. The summed E-state index contributed by atoms with van der Waals surface area (Å²) in [5, 5.41) is 2.54. The zero-order valence-electron chi connectivity index (χ0n) is 13.3. The first-order valence-electron chi connectivity index (χ1n) is 7.29. The van der Waals surface area contributed by atoms with Crippen LogP contribution in [-0.4, -0.2) is 26.2 Å². The fourth-order valence-corrected chi connectivity index (χ4v) is 1.96. The number of methoxy groups -OCH3 is 1. The smallest absolute Gasteiger partial charge is 0.387 e. The minimum atomic E-state index is -3.01. The van der Waals surface area contributed by atoms with Gasteiger partial charge >= 0.3 is 6.61 Å². The number of hydrogen-bond acceptors (Lipinski definition) is 4. The minimum Gasteiger partial charge on any atom is -0.493 e. The fourth-order valence-electron chi connectivity index (χ4n) is 1.96. The number of carbonyl (C=O) groups excluding carboxylic acids is 1. The van der Waals surface area contributed by atoms with Crippen molar-refractivity contribution in [2.24, 2.45) is 0 Å². The van der Waals surface area contributed by atoms with Crippen LogP contribution in [-0.2, 0) is 4.79 Å². The molecular weight excluding hydrogens is 339 g/mol. The van der Waals surface area contributed by atoms with Crippen LogP contribution in [0.2, 0.25) is 0 Å². The van der Waals surface area contributed by atoms with E-state index in [0.29, 0.717) is 5.75 Å². The van der Waals surface area contributed by atoms with E-state index < -0.39 is 6.61 Å². The monoisotopic (exact) mass is 355 g/mol. The minimum absolute atomic E-state index is 0.0223. The lowest BCUT2D eigenvalue weighted by Gasteiger charge is -2.12. The number of halogens is 3. The first-order chi connectivity index (χ1) is 12.0. The normalized spacial score (nSPS) is 10.4. The summed E-state index contributed by atoms with van der Waals surface area (Å²) in [5.41, 5.74) is 0.281. The molecule has 0 aliphatic rings. The van der Waals surface area contributed by atoms with E-state index in [9.17, 15) is 18.0 Å². The number of rotatable bonds is 8. The molecule has 25 heavy (non-hydrogen) atoms. The predicted molar refractivity (Wildman–Crippen MR) is 84.8 cm³/mol. The molecule has 0 spiro atoms. The van der Waals surface area contributed by atoms with E-state index in [1.165, 1.54) is 49.6 Å². The second-order valence-corrected chi connectivity index (χ2v) is 4.84. The Morgan fingerprint density at radius 1 is 1.12 bits per heavy atom. The van der Waals surface area contributed by atoms with Crippen molar-refractivity contribution in [3.63, 3.8) is 0 Å². The molecule has 0 atom stereocenters. The molecule has 134 valence electrons. The molecule has 0 bridgehead atoms. The Kier molecular flexibility index (Phi) is 6.50. The summed E-state index contributed by atoms with van der Waals surface area (Å²) in [5.74, 6) is -0.385. The molecular formula is C17H16F3NO4. The fraction of sp³-hybridized carbons (Fsp3) is 0.235. The second-order valence-electron chi connectivity index (χ2n) is 4.84. The van der Waals surface area contributed by atoms with Crippen molar-refractivity contribution < 1.29 is 32.2 Å². The van der Waals surface area contributed by atoms with Gasteiger partial charge in [-0.25, -0.2) is 4.39 Å². The molecule has 0 heterocycles. The lowest BCUT2D eigenvalue weighted by Crippen LogP contribution is -2.15. The number of amides is 1. The Morgan fingerprint density at radius 3 is 2.48 bits per heavy atom. The van der Waals surface area contributed by atoms with Crippen molar-refractivity contribution >= 4 is 11.6 Å². The van der Waals surface area contributed by atoms with Crippen LogP contribution in [0.1, 0.15) is 6.42 Å². The number of ether oxygens (including phenoxy) is 3. The number of benzene rings is 2. The zero-order valence-corrected chi connectivity index (χ0v) is 13.3. The third-order valence-corrected chi connectivity index (χ3v) is 3.07. The van der Waals surface area contributed by atoms with Gasteiger partial charge in [0.1, 0.15) is 11.6 Å². The summed E-state index contributed by atoms with van der Waals surface area (Å²) in [7, 11) is 1.32. The van der Waals surface area contributed by atoms with E-state index in [-0.39, 0.29) is 41.9 Å². The number of carbonyl (C=O) groups is 1. The van der Waals surface area contributed by atoms with Gasteiger partial charge in [0.15, 0.2) is 11.5 Å². The molecule has 8 heteroatoms. The van der Waals surface area contributed by atoms with Gasteiger partial charge in [0.2, 0.25) is 5.91 Å². The van der Waals surface area contributed by atoms with Crippen LogP contribution < -0.4 is 19.5 Å². The Balaban J connectivity index is 1.88. The molecule has 0 radical (unpaired) electrons. The van der Waals surface area contributed by atoms with Gasteiger partial charge in [0, 0.05) is 11.8 Å². The van der Waals surface area contributed by atoms with Crippen molar-refractivity contribution in [1.29, 1.82) is 0 Å². The highest BCUT2D eigenvalue weighted by Gasteiger charge is 2.12. The summed E-state index contributed by atoms with van der Waals surface area (Å²) in [6.07, 6.45) is 0.0223. The van der Waals surface area contributed by atoms with Crippen LogP contribution >= 0.6 is 0 Å². The zero-order chi connectivity index (χ0) is 18.2. The topological polar surface area (TPSA) is 56.8 Å². The molecule has 2 aromatic carbocycles. The molecule has 5 nitrogen and oxygen atoms in total. The molecule has 0 aromatic heterocycles. The van der Waals surface area contributed by atoms with Crippen LogP contribution in [0.4, 0.5) is 18.9 Å². The standard InChI is InChI=1S/C17H16F3NO4/c1-23-14-7-4-12(10-15(14)25-17(19)20)21-16(22)8-9-24-13-5-2-11(18)3-6-13/h2-7,10,17H,8-9H2,1H3,(H,21,22). The van der Waals surface area contributed by atoms with Gasteiger partial charge in [-0.2, -0.15) is 8.78 Å². The molecule has 0 saturated heterocycles. The number of alkyl halides is 2. The molecule has 0 aliphatic carbocycles. The SMILES string of the molecule is COc1ccc(NC(=O)CCOc2ccc(F)cc2)cc1OC(F)F. The maximum Gasteiger partial charge on any atom is 0.387 e. The van der Waals surface area contributed by atoms with Gasteiger partial charge in [-0.3, -0.25) is 4.79 Å². The third kappa shape index (κ3) is 5.91. The van der Waals surface area contributed by atoms with Crippen molar-refractivity contribution in [2.75, 3.05) is 19.0 Å². The van der Waals surface area contributed by atoms with E-state index in [1.807, 2.05) is 0 Å². The Labute approximate surface area is 142 Å².